The standard InChI is InChI=1S/C18H21N3O2S/c1-3-24(22,23)20-15-9-5-4-8-14(15)12-13-18-19-16-10-6-7-11-17(16)21(18)2/h4-11,20H,3,12-13H2,1-2H3. The third kappa shape index (κ3) is 3.43. The fraction of sp³-hybridized carbons (Fsp3) is 0.278. The normalized spacial score (nSPS) is 11.8. The number of aryl methyl sites for hydroxylation is 3. The molecule has 0 fully saturated rings. The Hall–Kier alpha value is -2.34. The second-order valence-corrected chi connectivity index (χ2v) is 7.75. The molecule has 2 aromatic carbocycles. The van der Waals surface area contributed by atoms with Crippen molar-refractivity contribution in [2.24, 2.45) is 7.05 Å². The van der Waals surface area contributed by atoms with Crippen LogP contribution in [0.1, 0.15) is 18.3 Å². The molecule has 0 spiro atoms. The molecule has 0 aliphatic rings. The van der Waals surface area contributed by atoms with Gasteiger partial charge in [0.25, 0.3) is 0 Å². The molecule has 0 aliphatic carbocycles. The van der Waals surface area contributed by atoms with Crippen LogP contribution in [-0.2, 0) is 29.9 Å². The zero-order valence-electron chi connectivity index (χ0n) is 13.9. The molecule has 3 rings (SSSR count). The zero-order valence-corrected chi connectivity index (χ0v) is 14.7. The molecule has 1 heterocycles. The molecule has 126 valence electrons. The van der Waals surface area contributed by atoms with Crippen LogP contribution in [0.2, 0.25) is 0 Å². The number of benzene rings is 2. The number of anilines is 1. The Bertz CT molecular complexity index is 961. The summed E-state index contributed by atoms with van der Waals surface area (Å²) in [5.74, 6) is 1.05. The van der Waals surface area contributed by atoms with Crippen LogP contribution in [0.15, 0.2) is 48.5 Å². The van der Waals surface area contributed by atoms with Gasteiger partial charge in [-0.2, -0.15) is 0 Å². The number of rotatable bonds is 6. The maximum absolute atomic E-state index is 11.8. The highest BCUT2D eigenvalue weighted by molar-refractivity contribution is 7.92. The van der Waals surface area contributed by atoms with Crippen molar-refractivity contribution < 1.29 is 8.42 Å². The number of nitrogens with zero attached hydrogens (tertiary/aromatic N) is 2. The van der Waals surface area contributed by atoms with Crippen molar-refractivity contribution in [1.29, 1.82) is 0 Å². The summed E-state index contributed by atoms with van der Waals surface area (Å²) in [5.41, 5.74) is 3.71. The Balaban J connectivity index is 1.83. The molecule has 6 heteroatoms. The van der Waals surface area contributed by atoms with Gasteiger partial charge in [-0.05, 0) is 37.1 Å². The summed E-state index contributed by atoms with van der Waals surface area (Å²) < 4.78 is 28.4. The number of hydrogen-bond acceptors (Lipinski definition) is 3. The first-order chi connectivity index (χ1) is 11.5. The number of para-hydroxylation sites is 3. The van der Waals surface area contributed by atoms with Crippen LogP contribution < -0.4 is 4.72 Å². The minimum atomic E-state index is -3.28. The summed E-state index contributed by atoms with van der Waals surface area (Å²) in [4.78, 5) is 4.67. The molecule has 0 saturated carbocycles. The van der Waals surface area contributed by atoms with Crippen LogP contribution in [0.3, 0.4) is 0 Å². The second kappa shape index (κ2) is 6.65. The third-order valence-corrected chi connectivity index (χ3v) is 5.45. The number of hydrogen-bond donors (Lipinski definition) is 1. The average molecular weight is 343 g/mol. The minimum absolute atomic E-state index is 0.0616. The molecule has 0 unspecified atom stereocenters. The first-order valence-corrected chi connectivity index (χ1v) is 9.64. The van der Waals surface area contributed by atoms with Crippen molar-refractivity contribution in [3.8, 4) is 0 Å². The summed E-state index contributed by atoms with van der Waals surface area (Å²) >= 11 is 0. The lowest BCUT2D eigenvalue weighted by atomic mass is 10.1. The Morgan fingerprint density at radius 3 is 2.50 bits per heavy atom. The SMILES string of the molecule is CCS(=O)(=O)Nc1ccccc1CCc1nc2ccccc2n1C. The quantitative estimate of drug-likeness (QED) is 0.748. The molecular weight excluding hydrogens is 322 g/mol. The van der Waals surface area contributed by atoms with Crippen LogP contribution in [0.25, 0.3) is 11.0 Å². The van der Waals surface area contributed by atoms with Gasteiger partial charge in [0.1, 0.15) is 5.82 Å². The number of sulfonamides is 1. The fourth-order valence-electron chi connectivity index (χ4n) is 2.74. The molecule has 0 bridgehead atoms. The van der Waals surface area contributed by atoms with Crippen molar-refractivity contribution in [3.63, 3.8) is 0 Å². The zero-order chi connectivity index (χ0) is 17.2. The van der Waals surface area contributed by atoms with Gasteiger partial charge in [0, 0.05) is 13.5 Å². The number of aromatic nitrogens is 2. The van der Waals surface area contributed by atoms with E-state index in [-0.39, 0.29) is 5.75 Å². The van der Waals surface area contributed by atoms with Gasteiger partial charge in [0.15, 0.2) is 0 Å². The fourth-order valence-corrected chi connectivity index (χ4v) is 3.42. The van der Waals surface area contributed by atoms with Gasteiger partial charge in [-0.3, -0.25) is 4.72 Å². The van der Waals surface area contributed by atoms with Gasteiger partial charge in [0.05, 0.1) is 22.5 Å². The topological polar surface area (TPSA) is 64.0 Å². The number of imidazole rings is 1. The van der Waals surface area contributed by atoms with Gasteiger partial charge in [-0.25, -0.2) is 13.4 Å². The smallest absolute Gasteiger partial charge is 0.232 e. The highest BCUT2D eigenvalue weighted by Crippen LogP contribution is 2.20. The maximum atomic E-state index is 11.8. The summed E-state index contributed by atoms with van der Waals surface area (Å²) in [7, 11) is -1.27. The predicted octanol–water partition coefficient (Wildman–Crippen LogP) is 3.12. The van der Waals surface area contributed by atoms with E-state index < -0.39 is 10.0 Å². The van der Waals surface area contributed by atoms with Gasteiger partial charge >= 0.3 is 0 Å². The maximum Gasteiger partial charge on any atom is 0.232 e. The molecule has 0 saturated heterocycles. The number of fused-ring (bicyclic) bond motifs is 1. The minimum Gasteiger partial charge on any atom is -0.331 e. The molecule has 0 radical (unpaired) electrons. The molecule has 1 N–H and O–H groups in total. The van der Waals surface area contributed by atoms with Crippen LogP contribution >= 0.6 is 0 Å². The van der Waals surface area contributed by atoms with Crippen LogP contribution in [0.5, 0.6) is 0 Å². The molecule has 3 aromatic rings. The predicted molar refractivity (Wildman–Crippen MR) is 97.6 cm³/mol. The Kier molecular flexibility index (Phi) is 4.57. The lowest BCUT2D eigenvalue weighted by molar-refractivity contribution is 0.602. The van der Waals surface area contributed by atoms with Crippen molar-refractivity contribution in [3.05, 3.63) is 59.9 Å². The monoisotopic (exact) mass is 343 g/mol. The van der Waals surface area contributed by atoms with Gasteiger partial charge < -0.3 is 4.57 Å². The second-order valence-electron chi connectivity index (χ2n) is 5.74. The Morgan fingerprint density at radius 1 is 1.04 bits per heavy atom. The molecule has 0 atom stereocenters. The van der Waals surface area contributed by atoms with Crippen molar-refractivity contribution >= 4 is 26.7 Å². The Labute approximate surface area is 142 Å². The van der Waals surface area contributed by atoms with Gasteiger partial charge in [-0.1, -0.05) is 30.3 Å². The van der Waals surface area contributed by atoms with E-state index in [1.165, 1.54) is 0 Å². The molecule has 1 aromatic heterocycles. The average Bonchev–Trinajstić information content (AvgIpc) is 2.90. The van der Waals surface area contributed by atoms with E-state index in [1.807, 2.05) is 43.4 Å². The van der Waals surface area contributed by atoms with E-state index >= 15 is 0 Å². The molecule has 24 heavy (non-hydrogen) atoms. The third-order valence-electron chi connectivity index (χ3n) is 4.16. The van der Waals surface area contributed by atoms with E-state index in [0.29, 0.717) is 5.69 Å². The van der Waals surface area contributed by atoms with E-state index in [2.05, 4.69) is 20.3 Å². The first-order valence-electron chi connectivity index (χ1n) is 7.99. The Morgan fingerprint density at radius 2 is 1.75 bits per heavy atom. The van der Waals surface area contributed by atoms with Crippen LogP contribution in [-0.4, -0.2) is 23.7 Å². The van der Waals surface area contributed by atoms with Gasteiger partial charge in [-0.15, -0.1) is 0 Å². The van der Waals surface area contributed by atoms with E-state index in [9.17, 15) is 8.42 Å². The molecule has 0 aliphatic heterocycles. The molecule has 0 amide bonds. The summed E-state index contributed by atoms with van der Waals surface area (Å²) in [5, 5.41) is 0. The molecular formula is C18H21N3O2S. The van der Waals surface area contributed by atoms with Gasteiger partial charge in [0.2, 0.25) is 10.0 Å². The molecule has 5 nitrogen and oxygen atoms in total. The van der Waals surface area contributed by atoms with Crippen LogP contribution in [0, 0.1) is 0 Å². The van der Waals surface area contributed by atoms with Crippen molar-refractivity contribution in [1.82, 2.24) is 9.55 Å². The summed E-state index contributed by atoms with van der Waals surface area (Å²) in [6.45, 7) is 1.63. The lowest BCUT2D eigenvalue weighted by Gasteiger charge is -2.11. The lowest BCUT2D eigenvalue weighted by Crippen LogP contribution is -2.16. The number of nitrogens with one attached hydrogen (secondary N) is 1. The summed E-state index contributed by atoms with van der Waals surface area (Å²) in [6, 6.07) is 15.6. The first kappa shape index (κ1) is 16.5. The summed E-state index contributed by atoms with van der Waals surface area (Å²) in [6.07, 6.45) is 1.47. The van der Waals surface area contributed by atoms with E-state index in [1.54, 1.807) is 13.0 Å². The van der Waals surface area contributed by atoms with Crippen LogP contribution in [0.4, 0.5) is 5.69 Å². The largest absolute Gasteiger partial charge is 0.331 e. The highest BCUT2D eigenvalue weighted by atomic mass is 32.2. The van der Waals surface area contributed by atoms with Crippen molar-refractivity contribution in [2.75, 3.05) is 10.5 Å². The van der Waals surface area contributed by atoms with Crippen molar-refractivity contribution in [2.45, 2.75) is 19.8 Å². The van der Waals surface area contributed by atoms with E-state index in [0.717, 1.165) is 35.3 Å². The van der Waals surface area contributed by atoms with E-state index in [4.69, 9.17) is 0 Å². The highest BCUT2D eigenvalue weighted by Gasteiger charge is 2.12.